The summed E-state index contributed by atoms with van der Waals surface area (Å²) in [6, 6.07) is 27.1. The van der Waals surface area contributed by atoms with Gasteiger partial charge < -0.3 is 14.7 Å². The van der Waals surface area contributed by atoms with Gasteiger partial charge in [-0.15, -0.1) is 0 Å². The highest BCUT2D eigenvalue weighted by atomic mass is 16.6. The molecule has 7 heteroatoms. The number of aliphatic carboxylic acids is 1. The lowest BCUT2D eigenvalue weighted by molar-refractivity contribution is -0.139. The van der Waals surface area contributed by atoms with Crippen molar-refractivity contribution in [3.8, 4) is 5.75 Å². The maximum absolute atomic E-state index is 11.9. The third kappa shape index (κ3) is 6.39. The van der Waals surface area contributed by atoms with Gasteiger partial charge in [-0.2, -0.15) is 5.10 Å². The zero-order valence-corrected chi connectivity index (χ0v) is 20.3. The van der Waals surface area contributed by atoms with Crippen molar-refractivity contribution in [2.75, 3.05) is 0 Å². The summed E-state index contributed by atoms with van der Waals surface area (Å²) in [6.07, 6.45) is 1.75. The van der Waals surface area contributed by atoms with E-state index < -0.39 is 11.9 Å². The van der Waals surface area contributed by atoms with Crippen LogP contribution in [0.1, 0.15) is 41.0 Å². The van der Waals surface area contributed by atoms with Gasteiger partial charge in [-0.1, -0.05) is 78.0 Å². The summed E-state index contributed by atoms with van der Waals surface area (Å²) < 4.78 is 6.36. The van der Waals surface area contributed by atoms with Crippen LogP contribution in [-0.2, 0) is 22.7 Å². The molecule has 0 radical (unpaired) electrons. The first-order valence-electron chi connectivity index (χ1n) is 11.7. The number of carboxylic acids is 1. The zero-order chi connectivity index (χ0) is 25.3. The lowest BCUT2D eigenvalue weighted by atomic mass is 9.95. The maximum Gasteiger partial charge on any atom is 0.312 e. The summed E-state index contributed by atoms with van der Waals surface area (Å²) in [6.45, 7) is 3.93. The monoisotopic (exact) mass is 483 g/mol. The Morgan fingerprint density at radius 3 is 2.25 bits per heavy atom. The van der Waals surface area contributed by atoms with E-state index in [9.17, 15) is 9.90 Å². The molecule has 7 nitrogen and oxygen atoms in total. The first kappa shape index (κ1) is 24.7. The van der Waals surface area contributed by atoms with E-state index in [4.69, 9.17) is 9.57 Å². The smallest absolute Gasteiger partial charge is 0.312 e. The van der Waals surface area contributed by atoms with Crippen molar-refractivity contribution in [2.45, 2.75) is 33.0 Å². The number of nitrogens with zero attached hydrogens (tertiary/aromatic N) is 2. The molecule has 0 aliphatic heterocycles. The number of aromatic nitrogens is 2. The maximum atomic E-state index is 11.9. The second-order valence-electron chi connectivity index (χ2n) is 8.59. The normalized spacial score (nSPS) is 13.1. The number of aromatic amines is 1. The summed E-state index contributed by atoms with van der Waals surface area (Å²) in [4.78, 5) is 17.3. The Kier molecular flexibility index (Phi) is 8.13. The fraction of sp³-hybridized carbons (Fsp3) is 0.207. The van der Waals surface area contributed by atoms with Crippen molar-refractivity contribution in [2.24, 2.45) is 11.1 Å². The fourth-order valence-electron chi connectivity index (χ4n) is 3.90. The number of hydrogen-bond acceptors (Lipinski definition) is 5. The van der Waals surface area contributed by atoms with Crippen LogP contribution in [0.2, 0.25) is 0 Å². The van der Waals surface area contributed by atoms with Gasteiger partial charge in [0.05, 0.1) is 11.9 Å². The molecular weight excluding hydrogens is 454 g/mol. The van der Waals surface area contributed by atoms with Crippen LogP contribution in [0.5, 0.6) is 5.75 Å². The van der Waals surface area contributed by atoms with E-state index in [0.29, 0.717) is 17.9 Å². The number of H-pyrrole nitrogens is 1. The highest BCUT2D eigenvalue weighted by Crippen LogP contribution is 2.30. The molecule has 184 valence electrons. The summed E-state index contributed by atoms with van der Waals surface area (Å²) >= 11 is 0. The van der Waals surface area contributed by atoms with E-state index in [-0.39, 0.29) is 12.7 Å². The molecule has 0 saturated heterocycles. The molecule has 0 spiro atoms. The molecule has 0 saturated carbocycles. The van der Waals surface area contributed by atoms with Crippen molar-refractivity contribution in [3.63, 3.8) is 0 Å². The fourth-order valence-corrected chi connectivity index (χ4v) is 3.90. The molecule has 4 rings (SSSR count). The molecule has 0 aliphatic carbocycles. The summed E-state index contributed by atoms with van der Waals surface area (Å²) in [5.41, 5.74) is 5.16. The second kappa shape index (κ2) is 11.8. The number of benzene rings is 3. The minimum Gasteiger partial charge on any atom is -0.481 e. The van der Waals surface area contributed by atoms with Crippen molar-refractivity contribution < 1.29 is 19.5 Å². The molecule has 0 fully saturated rings. The number of carboxylic acid groups (broad SMARTS) is 1. The minimum atomic E-state index is -0.945. The van der Waals surface area contributed by atoms with Gasteiger partial charge in [0.15, 0.2) is 6.10 Å². The lowest BCUT2D eigenvalue weighted by Crippen LogP contribution is -2.24. The van der Waals surface area contributed by atoms with Crippen molar-refractivity contribution in [3.05, 3.63) is 119 Å². The Morgan fingerprint density at radius 2 is 1.64 bits per heavy atom. The van der Waals surface area contributed by atoms with Crippen molar-refractivity contribution in [1.29, 1.82) is 0 Å². The quantitative estimate of drug-likeness (QED) is 0.210. The molecule has 0 bridgehead atoms. The van der Waals surface area contributed by atoms with Crippen LogP contribution >= 0.6 is 0 Å². The van der Waals surface area contributed by atoms with Gasteiger partial charge in [0.1, 0.15) is 18.3 Å². The molecular formula is C29H29N3O4. The standard InChI is InChI=1S/C29H29N3O4/c1-20-27(18-30-31-20)28(24-11-7-4-8-12-24)36-25-15-13-22(14-16-25)17-26(29(33)34)21(2)32-35-19-23-9-5-3-6-10-23/h3-16,18,26,28H,17,19H2,1-2H3,(H,30,31)(H,33,34). The molecule has 1 heterocycles. The number of aryl methyl sites for hydroxylation is 1. The number of hydrogen-bond donors (Lipinski definition) is 2. The Labute approximate surface area is 210 Å². The van der Waals surface area contributed by atoms with E-state index in [2.05, 4.69) is 15.4 Å². The average molecular weight is 484 g/mol. The number of ether oxygens (including phenoxy) is 1. The third-order valence-corrected chi connectivity index (χ3v) is 5.96. The summed E-state index contributed by atoms with van der Waals surface area (Å²) in [7, 11) is 0. The first-order chi connectivity index (χ1) is 17.5. The SMILES string of the molecule is CC(=NOCc1ccccc1)C(Cc1ccc(OC(c2ccccc2)c2cn[nH]c2C)cc1)C(=O)O. The number of oxime groups is 1. The molecule has 2 N–H and O–H groups in total. The van der Waals surface area contributed by atoms with E-state index in [0.717, 1.165) is 27.9 Å². The Morgan fingerprint density at radius 1 is 0.972 bits per heavy atom. The Bertz CT molecular complexity index is 1290. The number of carbonyl (C=O) groups is 1. The predicted molar refractivity (Wildman–Crippen MR) is 138 cm³/mol. The van der Waals surface area contributed by atoms with Crippen LogP contribution in [0, 0.1) is 12.8 Å². The van der Waals surface area contributed by atoms with E-state index >= 15 is 0 Å². The molecule has 1 aromatic heterocycles. The zero-order valence-electron chi connectivity index (χ0n) is 20.3. The minimum absolute atomic E-state index is 0.287. The third-order valence-electron chi connectivity index (χ3n) is 5.96. The molecule has 4 aromatic rings. The largest absolute Gasteiger partial charge is 0.481 e. The van der Waals surface area contributed by atoms with E-state index in [1.165, 1.54) is 0 Å². The van der Waals surface area contributed by atoms with E-state index in [1.54, 1.807) is 13.1 Å². The van der Waals surface area contributed by atoms with Gasteiger partial charge in [0, 0.05) is 11.3 Å². The van der Waals surface area contributed by atoms with Gasteiger partial charge in [-0.25, -0.2) is 0 Å². The number of nitrogens with one attached hydrogen (secondary N) is 1. The molecule has 3 aromatic carbocycles. The van der Waals surface area contributed by atoms with Crippen LogP contribution in [0.25, 0.3) is 0 Å². The molecule has 0 amide bonds. The highest BCUT2D eigenvalue weighted by Gasteiger charge is 2.23. The lowest BCUT2D eigenvalue weighted by Gasteiger charge is -2.20. The van der Waals surface area contributed by atoms with Gasteiger partial charge >= 0.3 is 5.97 Å². The van der Waals surface area contributed by atoms with Crippen LogP contribution in [0.3, 0.4) is 0 Å². The topological polar surface area (TPSA) is 96.8 Å². The predicted octanol–water partition coefficient (Wildman–Crippen LogP) is 5.72. The molecule has 2 atom stereocenters. The Balaban J connectivity index is 1.44. The van der Waals surface area contributed by atoms with Gasteiger partial charge in [-0.05, 0) is 49.1 Å². The van der Waals surface area contributed by atoms with Crippen molar-refractivity contribution in [1.82, 2.24) is 10.2 Å². The second-order valence-corrected chi connectivity index (χ2v) is 8.59. The van der Waals surface area contributed by atoms with Crippen LogP contribution in [0.4, 0.5) is 0 Å². The number of rotatable bonds is 11. The van der Waals surface area contributed by atoms with Gasteiger partial charge in [0.25, 0.3) is 0 Å². The molecule has 36 heavy (non-hydrogen) atoms. The average Bonchev–Trinajstić information content (AvgIpc) is 3.33. The van der Waals surface area contributed by atoms with Crippen LogP contribution in [0.15, 0.2) is 96.3 Å². The van der Waals surface area contributed by atoms with E-state index in [1.807, 2.05) is 91.9 Å². The van der Waals surface area contributed by atoms with Crippen LogP contribution in [-0.4, -0.2) is 27.0 Å². The van der Waals surface area contributed by atoms with Crippen LogP contribution < -0.4 is 4.74 Å². The highest BCUT2D eigenvalue weighted by molar-refractivity contribution is 6.00. The summed E-state index contributed by atoms with van der Waals surface area (Å²) in [5.74, 6) is -1.06. The Hall–Kier alpha value is -4.39. The molecule has 0 aliphatic rings. The van der Waals surface area contributed by atoms with Gasteiger partial charge in [0.2, 0.25) is 0 Å². The molecule has 2 unspecified atom stereocenters. The first-order valence-corrected chi connectivity index (χ1v) is 11.7. The van der Waals surface area contributed by atoms with Gasteiger partial charge in [-0.3, -0.25) is 9.89 Å². The van der Waals surface area contributed by atoms with Crippen molar-refractivity contribution >= 4 is 11.7 Å². The summed E-state index contributed by atoms with van der Waals surface area (Å²) in [5, 5.41) is 21.0.